The summed E-state index contributed by atoms with van der Waals surface area (Å²) >= 11 is 1.79. The molecule has 1 fully saturated rings. The lowest BCUT2D eigenvalue weighted by atomic mass is 9.91. The molecule has 1 aliphatic carbocycles. The van der Waals surface area contributed by atoms with Crippen LogP contribution < -0.4 is 11.1 Å². The molecule has 20 heavy (non-hydrogen) atoms. The van der Waals surface area contributed by atoms with Crippen LogP contribution in [0.25, 0.3) is 0 Å². The van der Waals surface area contributed by atoms with Gasteiger partial charge in [0.25, 0.3) is 0 Å². The Balaban J connectivity index is 1.83. The summed E-state index contributed by atoms with van der Waals surface area (Å²) in [7, 11) is 0. The summed E-state index contributed by atoms with van der Waals surface area (Å²) in [4.78, 5) is 12.1. The van der Waals surface area contributed by atoms with Crippen molar-refractivity contribution >= 4 is 29.0 Å². The van der Waals surface area contributed by atoms with E-state index in [2.05, 4.69) is 12.2 Å². The van der Waals surface area contributed by atoms with E-state index in [-0.39, 0.29) is 5.91 Å². The molecule has 0 saturated heterocycles. The van der Waals surface area contributed by atoms with Crippen molar-refractivity contribution in [3.8, 4) is 0 Å². The second-order valence-corrected chi connectivity index (χ2v) is 7.08. The van der Waals surface area contributed by atoms with Gasteiger partial charge in [0.15, 0.2) is 0 Å². The fourth-order valence-electron chi connectivity index (χ4n) is 2.76. The van der Waals surface area contributed by atoms with E-state index in [9.17, 15) is 4.79 Å². The van der Waals surface area contributed by atoms with Gasteiger partial charge < -0.3 is 11.1 Å². The van der Waals surface area contributed by atoms with Gasteiger partial charge >= 0.3 is 0 Å². The average molecular weight is 292 g/mol. The number of nitrogens with two attached hydrogens (primary N) is 1. The molecular formula is C16H24N2OS. The molecule has 0 bridgehead atoms. The van der Waals surface area contributed by atoms with Gasteiger partial charge in [-0.3, -0.25) is 4.79 Å². The Hall–Kier alpha value is -1.16. The van der Waals surface area contributed by atoms with Gasteiger partial charge in [-0.05, 0) is 37.3 Å². The quantitative estimate of drug-likeness (QED) is 0.829. The van der Waals surface area contributed by atoms with Gasteiger partial charge in [-0.25, -0.2) is 0 Å². The van der Waals surface area contributed by atoms with E-state index in [0.717, 1.165) is 17.2 Å². The second kappa shape index (κ2) is 7.02. The number of carbonyl (C=O) groups is 1. The summed E-state index contributed by atoms with van der Waals surface area (Å²) < 4.78 is 0. The number of thioether (sulfide) groups is 1. The van der Waals surface area contributed by atoms with Crippen molar-refractivity contribution in [3.63, 3.8) is 0 Å². The Kier molecular flexibility index (Phi) is 5.35. The lowest BCUT2D eigenvalue weighted by Crippen LogP contribution is -2.21. The van der Waals surface area contributed by atoms with Crippen molar-refractivity contribution in [2.45, 2.75) is 44.8 Å². The third-order valence-electron chi connectivity index (χ3n) is 3.91. The molecule has 2 rings (SSSR count). The molecule has 1 aliphatic rings. The van der Waals surface area contributed by atoms with E-state index in [0.29, 0.717) is 16.7 Å². The van der Waals surface area contributed by atoms with E-state index >= 15 is 0 Å². The number of hydrogen-bond donors (Lipinski definition) is 2. The molecule has 110 valence electrons. The molecule has 0 aliphatic heterocycles. The minimum atomic E-state index is 0.0502. The number of hydrogen-bond acceptors (Lipinski definition) is 3. The number of para-hydroxylation sites is 1. The van der Waals surface area contributed by atoms with E-state index < -0.39 is 0 Å². The zero-order valence-corrected chi connectivity index (χ0v) is 13.1. The first kappa shape index (κ1) is 15.2. The minimum Gasteiger partial charge on any atom is -0.397 e. The number of rotatable bonds is 4. The van der Waals surface area contributed by atoms with Crippen LogP contribution in [-0.2, 0) is 4.79 Å². The number of benzene rings is 1. The highest BCUT2D eigenvalue weighted by Crippen LogP contribution is 2.32. The van der Waals surface area contributed by atoms with Crippen LogP contribution in [0.15, 0.2) is 18.2 Å². The molecule has 3 N–H and O–H groups in total. The summed E-state index contributed by atoms with van der Waals surface area (Å²) in [5.74, 6) is 1.37. The van der Waals surface area contributed by atoms with Crippen LogP contribution in [0.4, 0.5) is 11.4 Å². The Morgan fingerprint density at radius 2 is 2.25 bits per heavy atom. The van der Waals surface area contributed by atoms with Crippen molar-refractivity contribution in [1.29, 1.82) is 0 Å². The fraction of sp³-hybridized carbons (Fsp3) is 0.562. The number of anilines is 2. The third kappa shape index (κ3) is 4.17. The Bertz CT molecular complexity index is 455. The van der Waals surface area contributed by atoms with Crippen LogP contribution in [0.1, 0.15) is 38.2 Å². The summed E-state index contributed by atoms with van der Waals surface area (Å²) in [6, 6.07) is 5.68. The zero-order chi connectivity index (χ0) is 14.5. The second-order valence-electron chi connectivity index (χ2n) is 5.79. The highest BCUT2D eigenvalue weighted by molar-refractivity contribution is 8.00. The number of carbonyl (C=O) groups excluding carboxylic acids is 1. The first-order valence-corrected chi connectivity index (χ1v) is 8.37. The fourth-order valence-corrected chi connectivity index (χ4v) is 4.02. The molecule has 2 atom stereocenters. The first-order valence-electron chi connectivity index (χ1n) is 7.33. The number of nitrogens with one attached hydrogen (secondary N) is 1. The number of amides is 1. The van der Waals surface area contributed by atoms with Gasteiger partial charge in [-0.2, -0.15) is 0 Å². The van der Waals surface area contributed by atoms with Crippen molar-refractivity contribution in [1.82, 2.24) is 0 Å². The molecular weight excluding hydrogens is 268 g/mol. The Morgan fingerprint density at radius 3 is 2.95 bits per heavy atom. The highest BCUT2D eigenvalue weighted by atomic mass is 32.2. The van der Waals surface area contributed by atoms with Crippen molar-refractivity contribution < 1.29 is 4.79 Å². The molecule has 0 aromatic heterocycles. The van der Waals surface area contributed by atoms with Crippen molar-refractivity contribution in [3.05, 3.63) is 23.8 Å². The standard InChI is InChI=1S/C16H24N2OS/c1-11-5-3-7-13(9-11)20-10-15(19)18-16-12(2)6-4-8-14(16)17/h4,6,8,11,13H,3,5,7,9-10,17H2,1-2H3,(H,18,19). The lowest BCUT2D eigenvalue weighted by Gasteiger charge is -2.26. The topological polar surface area (TPSA) is 55.1 Å². The van der Waals surface area contributed by atoms with Crippen molar-refractivity contribution in [2.24, 2.45) is 5.92 Å². The van der Waals surface area contributed by atoms with Crippen LogP contribution in [0, 0.1) is 12.8 Å². The predicted octanol–water partition coefficient (Wildman–Crippen LogP) is 3.83. The van der Waals surface area contributed by atoms with Gasteiger partial charge in [0.05, 0.1) is 17.1 Å². The van der Waals surface area contributed by atoms with Crippen LogP contribution >= 0.6 is 11.8 Å². The van der Waals surface area contributed by atoms with Crippen molar-refractivity contribution in [2.75, 3.05) is 16.8 Å². The maximum absolute atomic E-state index is 12.1. The van der Waals surface area contributed by atoms with E-state index in [1.54, 1.807) is 11.8 Å². The molecule has 1 saturated carbocycles. The first-order chi connectivity index (χ1) is 9.56. The Morgan fingerprint density at radius 1 is 1.45 bits per heavy atom. The van der Waals surface area contributed by atoms with Gasteiger partial charge in [0.2, 0.25) is 5.91 Å². The number of nitrogen functional groups attached to an aromatic ring is 1. The van der Waals surface area contributed by atoms with Gasteiger partial charge in [-0.15, -0.1) is 11.8 Å². The Labute approximate surface area is 125 Å². The third-order valence-corrected chi connectivity index (χ3v) is 5.24. The van der Waals surface area contributed by atoms with E-state index in [4.69, 9.17) is 5.73 Å². The largest absolute Gasteiger partial charge is 0.397 e. The summed E-state index contributed by atoms with van der Waals surface area (Å²) in [6.07, 6.45) is 5.12. The van der Waals surface area contributed by atoms with Gasteiger partial charge in [-0.1, -0.05) is 31.9 Å². The molecule has 1 aromatic rings. The summed E-state index contributed by atoms with van der Waals surface area (Å²) in [5.41, 5.74) is 8.31. The highest BCUT2D eigenvalue weighted by Gasteiger charge is 2.20. The number of aryl methyl sites for hydroxylation is 1. The van der Waals surface area contributed by atoms with Gasteiger partial charge in [0.1, 0.15) is 0 Å². The normalized spacial score (nSPS) is 22.5. The van der Waals surface area contributed by atoms with Crippen LogP contribution in [-0.4, -0.2) is 16.9 Å². The molecule has 0 radical (unpaired) electrons. The average Bonchev–Trinajstić information content (AvgIpc) is 2.41. The zero-order valence-electron chi connectivity index (χ0n) is 12.3. The molecule has 4 heteroatoms. The van der Waals surface area contributed by atoms with Crippen LogP contribution in [0.3, 0.4) is 0 Å². The molecule has 2 unspecified atom stereocenters. The summed E-state index contributed by atoms with van der Waals surface area (Å²) in [5, 5.41) is 3.58. The molecule has 1 aromatic carbocycles. The maximum atomic E-state index is 12.1. The maximum Gasteiger partial charge on any atom is 0.234 e. The smallest absolute Gasteiger partial charge is 0.234 e. The minimum absolute atomic E-state index is 0.0502. The van der Waals surface area contributed by atoms with Crippen LogP contribution in [0.5, 0.6) is 0 Å². The molecule has 0 spiro atoms. The monoisotopic (exact) mass is 292 g/mol. The molecule has 0 heterocycles. The van der Waals surface area contributed by atoms with Crippen LogP contribution in [0.2, 0.25) is 0 Å². The molecule has 1 amide bonds. The van der Waals surface area contributed by atoms with Gasteiger partial charge in [0, 0.05) is 5.25 Å². The molecule has 3 nitrogen and oxygen atoms in total. The van der Waals surface area contributed by atoms with E-state index in [1.807, 2.05) is 25.1 Å². The summed E-state index contributed by atoms with van der Waals surface area (Å²) in [6.45, 7) is 4.27. The van der Waals surface area contributed by atoms with E-state index in [1.165, 1.54) is 25.7 Å². The predicted molar refractivity (Wildman–Crippen MR) is 88.1 cm³/mol. The SMILES string of the molecule is Cc1cccc(N)c1NC(=O)CSC1CCCC(C)C1. The lowest BCUT2D eigenvalue weighted by molar-refractivity contribution is -0.113.